The second-order valence-electron chi connectivity index (χ2n) is 52.3. The summed E-state index contributed by atoms with van der Waals surface area (Å²) < 4.78 is 33.6. The number of ether oxygens (including phenoxy) is 2. The largest absolute Gasteiger partial charge is 0.450 e. The number of likely N-dealkylation sites (tertiary alicyclic amines) is 8. The Balaban J connectivity index is 0.000000767. The molecule has 0 N–H and O–H groups in total. The normalized spacial score (nSPS) is 29.4. The SMILES string of the molecule is CC(=O)N1CC(C(C)C)C(C(C)C)C1.CC(=O)N1CC(C(C)C)C1C(C)C.CC(=O)N1CCC(C(C)C)C1C(C)C.CC(=O)N1CCC(C(C)C)C1C(C)C.CC(=O)N1CCCC(C(C)C)C1C(C)C.CC(C)C1CCCN(C(C)C)C1C(C)C.CC(C)C1CN(C)CC1C(C)C.CC(C)C1COCC1(C)C(C)C.CC(C)C1CS(=O)(=O)CC1C(C)C.CCOC(=O)N1CC(C(C)C)C(C(C)C)C1. The number of hydrogen-bond acceptors (Lipinski definition) is 12. The molecule has 6 amide bonds. The highest BCUT2D eigenvalue weighted by molar-refractivity contribution is 7.91. The third-order valence-corrected chi connectivity index (χ3v) is 36.8. The zero-order valence-corrected chi connectivity index (χ0v) is 101. The van der Waals surface area contributed by atoms with E-state index in [2.05, 4.69) is 329 Å². The molecule has 20 atom stereocenters. The van der Waals surface area contributed by atoms with Gasteiger partial charge in [-0.1, -0.05) is 284 Å². The van der Waals surface area contributed by atoms with Crippen LogP contribution in [0.3, 0.4) is 0 Å². The summed E-state index contributed by atoms with van der Waals surface area (Å²) in [7, 11) is -0.487. The molecule has 0 radical (unpaired) electrons. The molecular weight excluding hydrogens is 1730 g/mol. The van der Waals surface area contributed by atoms with E-state index >= 15 is 0 Å². The first kappa shape index (κ1) is 132. The molecule has 19 heteroatoms. The molecule has 10 aliphatic heterocycles. The molecule has 138 heavy (non-hydrogen) atoms. The molecule has 10 fully saturated rings. The third kappa shape index (κ3) is 40.3. The average molecular weight is 1970 g/mol. The Morgan fingerprint density at radius 2 is 0.587 bits per heavy atom. The molecule has 10 heterocycles. The van der Waals surface area contributed by atoms with Gasteiger partial charge in [-0.3, -0.25) is 28.9 Å². The van der Waals surface area contributed by atoms with E-state index in [0.29, 0.717) is 196 Å². The molecule has 0 spiro atoms. The van der Waals surface area contributed by atoms with Gasteiger partial charge in [-0.15, -0.1) is 0 Å². The maximum Gasteiger partial charge on any atom is 0.409 e. The summed E-state index contributed by atoms with van der Waals surface area (Å²) in [6.07, 6.45) is 7.50. The van der Waals surface area contributed by atoms with Crippen LogP contribution in [0.2, 0.25) is 0 Å². The van der Waals surface area contributed by atoms with Gasteiger partial charge in [-0.25, -0.2) is 13.2 Å². The predicted octanol–water partition coefficient (Wildman–Crippen LogP) is 26.7. The smallest absolute Gasteiger partial charge is 0.409 e. The van der Waals surface area contributed by atoms with E-state index in [-0.39, 0.29) is 35.6 Å². The minimum atomic E-state index is -2.73. The second-order valence-corrected chi connectivity index (χ2v) is 54.5. The van der Waals surface area contributed by atoms with E-state index in [1.54, 1.807) is 34.6 Å². The van der Waals surface area contributed by atoms with Gasteiger partial charge in [0, 0.05) is 136 Å². The minimum Gasteiger partial charge on any atom is -0.450 e. The van der Waals surface area contributed by atoms with Crippen LogP contribution in [0.4, 0.5) is 4.79 Å². The minimum absolute atomic E-state index is 0.142. The molecule has 0 aromatic heterocycles. The number of nitrogens with zero attached hydrogens (tertiary/aromatic N) is 8. The summed E-state index contributed by atoms with van der Waals surface area (Å²) >= 11 is 0. The van der Waals surface area contributed by atoms with Crippen molar-refractivity contribution >= 4 is 45.5 Å². The lowest BCUT2D eigenvalue weighted by atomic mass is 9.67. The van der Waals surface area contributed by atoms with Gasteiger partial charge in [0.05, 0.1) is 31.3 Å². The van der Waals surface area contributed by atoms with Crippen molar-refractivity contribution in [2.75, 3.05) is 110 Å². The lowest BCUT2D eigenvalue weighted by Crippen LogP contribution is -2.61. The highest BCUT2D eigenvalue weighted by Crippen LogP contribution is 2.47. The van der Waals surface area contributed by atoms with Gasteiger partial charge >= 0.3 is 6.09 Å². The van der Waals surface area contributed by atoms with Gasteiger partial charge < -0.3 is 43.8 Å². The maximum atomic E-state index is 11.7. The van der Waals surface area contributed by atoms with Crippen LogP contribution in [-0.2, 0) is 43.3 Å². The first-order valence-corrected chi connectivity index (χ1v) is 58.8. The molecule has 0 aromatic carbocycles. The molecule has 0 aromatic rings. The molecule has 20 unspecified atom stereocenters. The van der Waals surface area contributed by atoms with E-state index in [0.717, 1.165) is 131 Å². The Labute approximate surface area is 857 Å². The van der Waals surface area contributed by atoms with Crippen LogP contribution in [0, 0.1) is 207 Å². The van der Waals surface area contributed by atoms with Crippen LogP contribution < -0.4 is 0 Å². The van der Waals surface area contributed by atoms with Crippen LogP contribution in [0.15, 0.2) is 0 Å². The summed E-state index contributed by atoms with van der Waals surface area (Å²) in [6.45, 7) is 122. The molecule has 10 aliphatic rings. The van der Waals surface area contributed by atoms with Crippen molar-refractivity contribution in [3.05, 3.63) is 0 Å². The number of rotatable bonds is 22. The van der Waals surface area contributed by atoms with E-state index in [4.69, 9.17) is 9.47 Å². The van der Waals surface area contributed by atoms with Crippen molar-refractivity contribution in [2.24, 2.45) is 207 Å². The van der Waals surface area contributed by atoms with E-state index in [1.807, 2.05) is 21.6 Å². The Morgan fingerprint density at radius 1 is 0.312 bits per heavy atom. The fourth-order valence-corrected chi connectivity index (χ4v) is 28.9. The standard InChI is InChI=1S/C14H29N.C13H25NO2.C13H25NO.3C12H23NO.C11H21NO.C11H23N.C11H22O.C10H20O2S/c1-10(2)13-8-7-9-15(12(5)6)14(13)11(3)4;1-6-16-13(15)14-7-11(9(2)3)12(8-14)10(4)5;1-9(2)12-7-6-8-14(11(5)15)13(12)10(3)4;1-8(2)11-6-13(10(5)14)7-12(11)9(3)4;2*1-8(2)11-6-7-13(10(5)14)12(11)9(3)4;1-7(2)10-6-12(9(5)13)11(10)8(3)4;1-8(2)10-6-12(5)7-11(10)9(3)4;1-8(2)10-6-12-7-11(10,5)9(3)4;1-7(2)9-5-13(11,12)6-10(9)8(3)4/h10-14H,7-9H2,1-6H3;9-12H,6-8H2,1-5H3;9-10,12-13H,6-8H2,1-5H3;3*8-9,11-12H,6-7H2,1-5H3;7-8,10-11H,6H2,1-5H3;8-11H,6-7H2,1-5H3;8-10H,6-7H2,1-5H3;7-10H,5-6H2,1-4H3. The van der Waals surface area contributed by atoms with Crippen LogP contribution in [-0.4, -0.2) is 230 Å². The monoisotopic (exact) mass is 1970 g/mol. The van der Waals surface area contributed by atoms with E-state index < -0.39 is 9.84 Å². The Hall–Kier alpha value is -3.55. The summed E-state index contributed by atoms with van der Waals surface area (Å²) in [5, 5.41) is 0. The molecule has 0 saturated carbocycles. The van der Waals surface area contributed by atoms with Gasteiger partial charge in [0.2, 0.25) is 29.5 Å². The quantitative estimate of drug-likeness (QED) is 0.100. The number of carbonyl (C=O) groups excluding carboxylic acids is 6. The van der Waals surface area contributed by atoms with Gasteiger partial charge in [0.15, 0.2) is 9.84 Å². The molecule has 0 bridgehead atoms. The number of piperidine rings is 2. The number of carbonyl (C=O) groups is 6. The Morgan fingerprint density at radius 3 is 0.848 bits per heavy atom. The summed E-state index contributed by atoms with van der Waals surface area (Å²) in [5.41, 5.74) is 0.411. The second kappa shape index (κ2) is 61.9. The predicted molar refractivity (Wildman–Crippen MR) is 590 cm³/mol. The van der Waals surface area contributed by atoms with Crippen LogP contribution in [0.5, 0.6) is 0 Å². The van der Waals surface area contributed by atoms with Crippen molar-refractivity contribution in [1.29, 1.82) is 0 Å². The zero-order valence-electron chi connectivity index (χ0n) is 100. The highest BCUT2D eigenvalue weighted by Gasteiger charge is 2.49. The van der Waals surface area contributed by atoms with Crippen molar-refractivity contribution in [3.8, 4) is 0 Å². The van der Waals surface area contributed by atoms with E-state index in [9.17, 15) is 37.2 Å². The fourth-order valence-electron chi connectivity index (χ4n) is 26.4. The summed E-state index contributed by atoms with van der Waals surface area (Å²) in [4.78, 5) is 86.1. The lowest BCUT2D eigenvalue weighted by Gasteiger charge is -2.52. The Bertz CT molecular complexity index is 3380. The number of amides is 6. The van der Waals surface area contributed by atoms with Crippen LogP contribution in [0.25, 0.3) is 0 Å². The number of sulfone groups is 1. The van der Waals surface area contributed by atoms with Crippen molar-refractivity contribution in [3.63, 3.8) is 0 Å². The van der Waals surface area contributed by atoms with Crippen LogP contribution >= 0.6 is 0 Å². The molecule has 0 aliphatic carbocycles. The third-order valence-electron chi connectivity index (χ3n) is 35.1. The lowest BCUT2D eigenvalue weighted by molar-refractivity contribution is -0.146. The molecule has 10 rings (SSSR count). The topological polar surface area (TPSA) is 181 Å². The highest BCUT2D eigenvalue weighted by atomic mass is 32.2. The van der Waals surface area contributed by atoms with Crippen molar-refractivity contribution in [2.45, 2.75) is 414 Å². The Kier molecular flexibility index (Phi) is 59.4. The zero-order chi connectivity index (χ0) is 107. The maximum absolute atomic E-state index is 11.7. The first-order valence-electron chi connectivity index (χ1n) is 57.0. The van der Waals surface area contributed by atoms with Crippen molar-refractivity contribution < 1.29 is 46.7 Å². The van der Waals surface area contributed by atoms with Gasteiger partial charge in [-0.2, -0.15) is 0 Å². The van der Waals surface area contributed by atoms with E-state index in [1.165, 1.54) is 58.2 Å². The summed E-state index contributed by atoms with van der Waals surface area (Å²) in [5.74, 6) is 25.2. The fraction of sp³-hybridized carbons (Fsp3) is 0.950. The molecule has 816 valence electrons. The van der Waals surface area contributed by atoms with Crippen LogP contribution in [0.1, 0.15) is 378 Å². The molecule has 18 nitrogen and oxygen atoms in total. The van der Waals surface area contributed by atoms with Gasteiger partial charge in [0.1, 0.15) is 0 Å². The number of hydrogen-bond donors (Lipinski definition) is 0. The van der Waals surface area contributed by atoms with Gasteiger partial charge in [0.25, 0.3) is 0 Å². The average Bonchev–Trinajstić information content (AvgIpc) is 1.26. The van der Waals surface area contributed by atoms with Crippen molar-refractivity contribution in [1.82, 2.24) is 39.2 Å². The molecular formula is C119H234N8O10S. The summed E-state index contributed by atoms with van der Waals surface area (Å²) in [6, 6.07) is 3.38. The first-order chi connectivity index (χ1) is 63.5. The molecule has 10 saturated heterocycles. The van der Waals surface area contributed by atoms with Gasteiger partial charge in [-0.05, 0) is 280 Å².